The monoisotopic (exact) mass is 539 g/mol. The zero-order valence-corrected chi connectivity index (χ0v) is 23.2. The highest BCUT2D eigenvalue weighted by atomic mass is 16.3. The Bertz CT molecular complexity index is 1230. The second-order valence-corrected chi connectivity index (χ2v) is 11.2. The zero-order valence-electron chi connectivity index (χ0n) is 23.2. The third-order valence-corrected chi connectivity index (χ3v) is 8.60. The van der Waals surface area contributed by atoms with Crippen molar-refractivity contribution >= 4 is 11.8 Å². The molecular formula is C34H41N3O3. The predicted molar refractivity (Wildman–Crippen MR) is 158 cm³/mol. The van der Waals surface area contributed by atoms with Crippen LogP contribution in [0.15, 0.2) is 84.9 Å². The number of hydrogen-bond acceptors (Lipinski definition) is 4. The van der Waals surface area contributed by atoms with Crippen LogP contribution >= 0.6 is 0 Å². The van der Waals surface area contributed by atoms with E-state index in [0.29, 0.717) is 6.54 Å². The molecule has 1 saturated carbocycles. The van der Waals surface area contributed by atoms with Crippen molar-refractivity contribution in [2.75, 3.05) is 19.7 Å². The van der Waals surface area contributed by atoms with Crippen molar-refractivity contribution in [2.45, 2.75) is 63.1 Å². The first-order valence-electron chi connectivity index (χ1n) is 14.8. The molecule has 1 heterocycles. The summed E-state index contributed by atoms with van der Waals surface area (Å²) in [5.41, 5.74) is 3.92. The van der Waals surface area contributed by atoms with Crippen molar-refractivity contribution in [3.63, 3.8) is 0 Å². The number of hydrogen-bond donors (Lipinski definition) is 3. The van der Waals surface area contributed by atoms with Gasteiger partial charge in [-0.1, -0.05) is 85.6 Å². The molecule has 40 heavy (non-hydrogen) atoms. The Kier molecular flexibility index (Phi) is 9.63. The van der Waals surface area contributed by atoms with Gasteiger partial charge in [-0.25, -0.2) is 0 Å². The maximum Gasteiger partial charge on any atom is 0.254 e. The average Bonchev–Trinajstić information content (AvgIpc) is 3.03. The van der Waals surface area contributed by atoms with Crippen molar-refractivity contribution in [2.24, 2.45) is 5.92 Å². The van der Waals surface area contributed by atoms with Crippen LogP contribution in [0.2, 0.25) is 0 Å². The van der Waals surface area contributed by atoms with E-state index in [1.807, 2.05) is 65.6 Å². The smallest absolute Gasteiger partial charge is 0.254 e. The van der Waals surface area contributed by atoms with E-state index in [2.05, 4.69) is 34.9 Å². The number of carbonyl (C=O) groups is 2. The molecule has 6 nitrogen and oxygen atoms in total. The molecule has 3 N–H and O–H groups in total. The molecule has 3 aromatic carbocycles. The molecule has 1 aliphatic heterocycles. The highest BCUT2D eigenvalue weighted by molar-refractivity contribution is 5.94. The number of rotatable bonds is 9. The SMILES string of the molecule is O=C(NC(CO)c1ccccc1)C1CCCCC1c1ccc(CN(C(=O)c2ccccc2)C2CCNCC2)cc1. The van der Waals surface area contributed by atoms with Gasteiger partial charge in [-0.15, -0.1) is 0 Å². The summed E-state index contributed by atoms with van der Waals surface area (Å²) in [5, 5.41) is 16.5. The molecule has 210 valence electrons. The molecule has 5 rings (SSSR count). The lowest BCUT2D eigenvalue weighted by molar-refractivity contribution is -0.127. The van der Waals surface area contributed by atoms with Crippen molar-refractivity contribution in [3.05, 3.63) is 107 Å². The Morgan fingerprint density at radius 3 is 2.17 bits per heavy atom. The highest BCUT2D eigenvalue weighted by Gasteiger charge is 2.33. The molecule has 3 aromatic rings. The molecule has 0 spiro atoms. The first kappa shape index (κ1) is 28.1. The average molecular weight is 540 g/mol. The molecule has 6 heteroatoms. The van der Waals surface area contributed by atoms with Gasteiger partial charge in [0, 0.05) is 24.1 Å². The lowest BCUT2D eigenvalue weighted by Crippen LogP contribution is -2.45. The molecule has 0 aromatic heterocycles. The summed E-state index contributed by atoms with van der Waals surface area (Å²) < 4.78 is 0. The third kappa shape index (κ3) is 6.80. The van der Waals surface area contributed by atoms with Crippen LogP contribution in [-0.2, 0) is 11.3 Å². The molecule has 0 bridgehead atoms. The van der Waals surface area contributed by atoms with Gasteiger partial charge >= 0.3 is 0 Å². The maximum absolute atomic E-state index is 13.5. The molecule has 2 aliphatic rings. The molecule has 0 radical (unpaired) electrons. The van der Waals surface area contributed by atoms with Gasteiger partial charge in [0.05, 0.1) is 12.6 Å². The Hall–Kier alpha value is -3.48. The number of aliphatic hydroxyl groups excluding tert-OH is 1. The summed E-state index contributed by atoms with van der Waals surface area (Å²) in [7, 11) is 0. The van der Waals surface area contributed by atoms with Gasteiger partial charge in [-0.05, 0) is 73.5 Å². The van der Waals surface area contributed by atoms with Gasteiger partial charge in [-0.3, -0.25) is 9.59 Å². The Morgan fingerprint density at radius 1 is 0.850 bits per heavy atom. The summed E-state index contributed by atoms with van der Waals surface area (Å²) in [6.07, 6.45) is 5.86. The van der Waals surface area contributed by atoms with E-state index < -0.39 is 6.04 Å². The topological polar surface area (TPSA) is 81.7 Å². The van der Waals surface area contributed by atoms with E-state index in [9.17, 15) is 14.7 Å². The van der Waals surface area contributed by atoms with E-state index in [0.717, 1.165) is 68.3 Å². The zero-order chi connectivity index (χ0) is 27.7. The molecule has 2 fully saturated rings. The van der Waals surface area contributed by atoms with Crippen LogP contribution in [0.3, 0.4) is 0 Å². The molecule has 3 atom stereocenters. The van der Waals surface area contributed by atoms with Crippen molar-refractivity contribution in [3.8, 4) is 0 Å². The molecule has 1 saturated heterocycles. The van der Waals surface area contributed by atoms with E-state index in [1.165, 1.54) is 5.56 Å². The lowest BCUT2D eigenvalue weighted by Gasteiger charge is -2.35. The lowest BCUT2D eigenvalue weighted by atomic mass is 9.74. The second-order valence-electron chi connectivity index (χ2n) is 11.2. The Balaban J connectivity index is 1.30. The fourth-order valence-corrected chi connectivity index (χ4v) is 6.34. The van der Waals surface area contributed by atoms with Crippen LogP contribution in [-0.4, -0.2) is 47.6 Å². The summed E-state index contributed by atoms with van der Waals surface area (Å²) >= 11 is 0. The fraction of sp³-hybridized carbons (Fsp3) is 0.412. The van der Waals surface area contributed by atoms with Crippen LogP contribution < -0.4 is 10.6 Å². The van der Waals surface area contributed by atoms with E-state index in [1.54, 1.807) is 0 Å². The number of amides is 2. The van der Waals surface area contributed by atoms with Crippen molar-refractivity contribution in [1.29, 1.82) is 0 Å². The number of nitrogens with one attached hydrogen (secondary N) is 2. The normalized spacial score (nSPS) is 20.4. The standard InChI is InChI=1S/C34H41N3O3/c38-24-32(27-9-3-1-4-10-27)36-33(39)31-14-8-7-13-30(31)26-17-15-25(16-18-26)23-37(29-19-21-35-22-20-29)34(40)28-11-5-2-6-12-28/h1-6,9-12,15-18,29-32,35,38H,7-8,13-14,19-24H2,(H,36,39). The molecule has 1 aliphatic carbocycles. The van der Waals surface area contributed by atoms with Crippen molar-refractivity contribution < 1.29 is 14.7 Å². The molecular weight excluding hydrogens is 498 g/mol. The number of carbonyl (C=O) groups excluding carboxylic acids is 2. The van der Waals surface area contributed by atoms with Gasteiger partial charge in [0.25, 0.3) is 5.91 Å². The largest absolute Gasteiger partial charge is 0.394 e. The van der Waals surface area contributed by atoms with Gasteiger partial charge < -0.3 is 20.6 Å². The van der Waals surface area contributed by atoms with Crippen molar-refractivity contribution in [1.82, 2.24) is 15.5 Å². The maximum atomic E-state index is 13.5. The predicted octanol–water partition coefficient (Wildman–Crippen LogP) is 5.20. The minimum atomic E-state index is -0.401. The Morgan fingerprint density at radius 2 is 1.50 bits per heavy atom. The minimum Gasteiger partial charge on any atom is -0.394 e. The minimum absolute atomic E-state index is 0.0159. The molecule has 2 amide bonds. The third-order valence-electron chi connectivity index (χ3n) is 8.60. The second kappa shape index (κ2) is 13.7. The summed E-state index contributed by atoms with van der Waals surface area (Å²) in [5.74, 6) is 0.118. The quantitative estimate of drug-likeness (QED) is 0.349. The van der Waals surface area contributed by atoms with Gasteiger partial charge in [0.1, 0.15) is 0 Å². The van der Waals surface area contributed by atoms with Crippen LogP contribution in [0.25, 0.3) is 0 Å². The van der Waals surface area contributed by atoms with Gasteiger partial charge in [0.15, 0.2) is 0 Å². The van der Waals surface area contributed by atoms with Gasteiger partial charge in [0.2, 0.25) is 5.91 Å². The van der Waals surface area contributed by atoms with Crippen LogP contribution in [0.5, 0.6) is 0 Å². The van der Waals surface area contributed by atoms with Crippen LogP contribution in [0.1, 0.15) is 77.5 Å². The first-order valence-corrected chi connectivity index (χ1v) is 14.8. The summed E-state index contributed by atoms with van der Waals surface area (Å²) in [6, 6.07) is 27.6. The fourth-order valence-electron chi connectivity index (χ4n) is 6.34. The number of nitrogens with zero attached hydrogens (tertiary/aromatic N) is 1. The summed E-state index contributed by atoms with van der Waals surface area (Å²) in [6.45, 7) is 2.29. The van der Waals surface area contributed by atoms with Crippen LogP contribution in [0, 0.1) is 5.92 Å². The first-order chi connectivity index (χ1) is 19.6. The number of aliphatic hydroxyl groups is 1. The Labute approximate surface area is 237 Å². The van der Waals surface area contributed by atoms with E-state index in [-0.39, 0.29) is 36.3 Å². The summed E-state index contributed by atoms with van der Waals surface area (Å²) in [4.78, 5) is 29.0. The highest BCUT2D eigenvalue weighted by Crippen LogP contribution is 2.38. The van der Waals surface area contributed by atoms with E-state index >= 15 is 0 Å². The van der Waals surface area contributed by atoms with Gasteiger partial charge in [-0.2, -0.15) is 0 Å². The molecule has 3 unspecified atom stereocenters. The number of benzene rings is 3. The van der Waals surface area contributed by atoms with E-state index in [4.69, 9.17) is 0 Å². The van der Waals surface area contributed by atoms with Crippen LogP contribution in [0.4, 0.5) is 0 Å². The number of piperidine rings is 1.